The molecule has 0 spiro atoms. The molecule has 1 aromatic carbocycles. The lowest BCUT2D eigenvalue weighted by atomic mass is 9.74. The first-order valence-corrected chi connectivity index (χ1v) is 8.93. The first-order valence-electron chi connectivity index (χ1n) is 7.95. The van der Waals surface area contributed by atoms with Crippen molar-refractivity contribution in [1.29, 1.82) is 0 Å². The number of rotatable bonds is 5. The summed E-state index contributed by atoms with van der Waals surface area (Å²) in [6.45, 7) is 7.01. The molecule has 1 aliphatic rings. The van der Waals surface area contributed by atoms with Gasteiger partial charge in [0.05, 0.1) is 0 Å². The Hall–Kier alpha value is -0.470. The lowest BCUT2D eigenvalue weighted by molar-refractivity contribution is 0.188. The average molecular weight is 292 g/mol. The van der Waals surface area contributed by atoms with Crippen LogP contribution < -0.4 is 5.32 Å². The van der Waals surface area contributed by atoms with Crippen molar-refractivity contribution in [1.82, 2.24) is 5.32 Å². The molecule has 0 amide bonds. The van der Waals surface area contributed by atoms with Gasteiger partial charge in [-0.25, -0.2) is 0 Å². The van der Waals surface area contributed by atoms with E-state index < -0.39 is 0 Å². The fourth-order valence-corrected chi connectivity index (χ4v) is 4.94. The summed E-state index contributed by atoms with van der Waals surface area (Å²) in [6.07, 6.45) is 4.20. The van der Waals surface area contributed by atoms with E-state index in [4.69, 9.17) is 0 Å². The minimum atomic E-state index is 0.644. The van der Waals surface area contributed by atoms with Gasteiger partial charge in [-0.15, -0.1) is 11.8 Å². The maximum absolute atomic E-state index is 3.58. The van der Waals surface area contributed by atoms with Crippen molar-refractivity contribution in [3.63, 3.8) is 0 Å². The smallest absolute Gasteiger partial charge is 0.0187 e. The molecule has 0 aliphatic heterocycles. The molecule has 20 heavy (non-hydrogen) atoms. The number of hydrogen-bond donors (Lipinski definition) is 1. The molecule has 1 fully saturated rings. The third kappa shape index (κ3) is 4.53. The van der Waals surface area contributed by atoms with Crippen molar-refractivity contribution in [2.75, 3.05) is 12.8 Å². The molecule has 2 rings (SSSR count). The van der Waals surface area contributed by atoms with Crippen LogP contribution in [0.3, 0.4) is 0 Å². The molecule has 2 heteroatoms. The van der Waals surface area contributed by atoms with E-state index in [2.05, 4.69) is 57.4 Å². The van der Waals surface area contributed by atoms with Crippen LogP contribution in [-0.4, -0.2) is 18.8 Å². The van der Waals surface area contributed by atoms with E-state index in [-0.39, 0.29) is 0 Å². The molecule has 112 valence electrons. The number of aryl methyl sites for hydroxylation is 1. The normalized spacial score (nSPS) is 28.3. The van der Waals surface area contributed by atoms with E-state index in [1.807, 2.05) is 11.8 Å². The Morgan fingerprint density at radius 2 is 1.90 bits per heavy atom. The molecule has 0 saturated heterocycles. The summed E-state index contributed by atoms with van der Waals surface area (Å²) in [5.41, 5.74) is 1.36. The SMILES string of the molecule is CNC(CSc1cccc(C)c1)C1CC(C)CC(C)C1. The van der Waals surface area contributed by atoms with Crippen LogP contribution in [0.1, 0.15) is 38.7 Å². The van der Waals surface area contributed by atoms with Crippen molar-refractivity contribution < 1.29 is 0 Å². The summed E-state index contributed by atoms with van der Waals surface area (Å²) in [5.74, 6) is 3.81. The molecule has 0 radical (unpaired) electrons. The van der Waals surface area contributed by atoms with Gasteiger partial charge in [-0.2, -0.15) is 0 Å². The van der Waals surface area contributed by atoms with Gasteiger partial charge >= 0.3 is 0 Å². The number of nitrogens with one attached hydrogen (secondary N) is 1. The second-order valence-electron chi connectivity index (χ2n) is 6.70. The maximum Gasteiger partial charge on any atom is 0.0187 e. The van der Waals surface area contributed by atoms with Crippen LogP contribution in [-0.2, 0) is 0 Å². The molecular formula is C18H29NS. The first-order chi connectivity index (χ1) is 9.58. The van der Waals surface area contributed by atoms with Crippen molar-refractivity contribution in [3.8, 4) is 0 Å². The molecule has 0 bridgehead atoms. The Kier molecular flexibility index (Phi) is 5.98. The first kappa shape index (κ1) is 15.9. The summed E-state index contributed by atoms with van der Waals surface area (Å²) in [7, 11) is 2.13. The van der Waals surface area contributed by atoms with Crippen LogP contribution in [0.2, 0.25) is 0 Å². The van der Waals surface area contributed by atoms with Crippen molar-refractivity contribution >= 4 is 11.8 Å². The fraction of sp³-hybridized carbons (Fsp3) is 0.667. The van der Waals surface area contributed by atoms with Gasteiger partial charge < -0.3 is 5.32 Å². The Morgan fingerprint density at radius 3 is 2.50 bits per heavy atom. The zero-order valence-corrected chi connectivity index (χ0v) is 14.2. The van der Waals surface area contributed by atoms with Crippen molar-refractivity contribution in [2.24, 2.45) is 17.8 Å². The van der Waals surface area contributed by atoms with Gasteiger partial charge in [0.15, 0.2) is 0 Å². The molecule has 1 N–H and O–H groups in total. The minimum Gasteiger partial charge on any atom is -0.316 e. The zero-order chi connectivity index (χ0) is 14.5. The van der Waals surface area contributed by atoms with E-state index in [9.17, 15) is 0 Å². The summed E-state index contributed by atoms with van der Waals surface area (Å²) in [5, 5.41) is 3.58. The average Bonchev–Trinajstić information content (AvgIpc) is 2.38. The molecule has 1 saturated carbocycles. The third-order valence-electron chi connectivity index (χ3n) is 4.57. The molecule has 3 atom stereocenters. The topological polar surface area (TPSA) is 12.0 Å². The fourth-order valence-electron chi connectivity index (χ4n) is 3.68. The van der Waals surface area contributed by atoms with Gasteiger partial charge in [-0.3, -0.25) is 0 Å². The Morgan fingerprint density at radius 1 is 1.20 bits per heavy atom. The summed E-state index contributed by atoms with van der Waals surface area (Å²) < 4.78 is 0. The summed E-state index contributed by atoms with van der Waals surface area (Å²) in [6, 6.07) is 9.51. The predicted octanol–water partition coefficient (Wildman–Crippen LogP) is 4.75. The maximum atomic E-state index is 3.58. The van der Waals surface area contributed by atoms with E-state index >= 15 is 0 Å². The van der Waals surface area contributed by atoms with Gasteiger partial charge in [0.1, 0.15) is 0 Å². The number of benzene rings is 1. The zero-order valence-electron chi connectivity index (χ0n) is 13.4. The molecule has 3 unspecified atom stereocenters. The van der Waals surface area contributed by atoms with Crippen LogP contribution in [0.4, 0.5) is 0 Å². The Labute approximate surface area is 128 Å². The molecule has 1 aliphatic carbocycles. The van der Waals surface area contributed by atoms with Gasteiger partial charge in [0, 0.05) is 16.7 Å². The quantitative estimate of drug-likeness (QED) is 0.786. The lowest BCUT2D eigenvalue weighted by Gasteiger charge is -2.36. The lowest BCUT2D eigenvalue weighted by Crippen LogP contribution is -2.39. The predicted molar refractivity (Wildman–Crippen MR) is 90.4 cm³/mol. The highest BCUT2D eigenvalue weighted by Crippen LogP contribution is 2.36. The second kappa shape index (κ2) is 7.51. The molecule has 0 heterocycles. The number of hydrogen-bond acceptors (Lipinski definition) is 2. The van der Waals surface area contributed by atoms with Crippen LogP contribution in [0, 0.1) is 24.7 Å². The monoisotopic (exact) mass is 291 g/mol. The molecule has 1 nitrogen and oxygen atoms in total. The van der Waals surface area contributed by atoms with Crippen molar-refractivity contribution in [2.45, 2.75) is 51.0 Å². The highest BCUT2D eigenvalue weighted by molar-refractivity contribution is 7.99. The van der Waals surface area contributed by atoms with Crippen LogP contribution in [0.5, 0.6) is 0 Å². The molecule has 0 aromatic heterocycles. The number of thioether (sulfide) groups is 1. The molecular weight excluding hydrogens is 262 g/mol. The highest BCUT2D eigenvalue weighted by atomic mass is 32.2. The van der Waals surface area contributed by atoms with Crippen LogP contribution >= 0.6 is 11.8 Å². The van der Waals surface area contributed by atoms with E-state index in [1.165, 1.54) is 35.5 Å². The van der Waals surface area contributed by atoms with Crippen molar-refractivity contribution in [3.05, 3.63) is 29.8 Å². The summed E-state index contributed by atoms with van der Waals surface area (Å²) >= 11 is 2.00. The van der Waals surface area contributed by atoms with Gasteiger partial charge in [-0.05, 0) is 63.1 Å². The molecule has 1 aromatic rings. The van der Waals surface area contributed by atoms with E-state index in [1.54, 1.807) is 0 Å². The highest BCUT2D eigenvalue weighted by Gasteiger charge is 2.29. The van der Waals surface area contributed by atoms with Crippen LogP contribution in [0.15, 0.2) is 29.2 Å². The second-order valence-corrected chi connectivity index (χ2v) is 7.79. The Bertz CT molecular complexity index is 408. The van der Waals surface area contributed by atoms with Gasteiger partial charge in [-0.1, -0.05) is 31.5 Å². The van der Waals surface area contributed by atoms with Gasteiger partial charge in [0.25, 0.3) is 0 Å². The summed E-state index contributed by atoms with van der Waals surface area (Å²) in [4.78, 5) is 1.40. The van der Waals surface area contributed by atoms with Gasteiger partial charge in [0.2, 0.25) is 0 Å². The standard InChI is InChI=1S/C18H29NS/c1-13-6-5-7-17(11-13)20-12-18(19-4)16-9-14(2)8-15(3)10-16/h5-7,11,14-16,18-19H,8-10,12H2,1-4H3. The van der Waals surface area contributed by atoms with E-state index in [0.29, 0.717) is 6.04 Å². The minimum absolute atomic E-state index is 0.644. The largest absolute Gasteiger partial charge is 0.316 e. The van der Waals surface area contributed by atoms with E-state index in [0.717, 1.165) is 17.8 Å². The van der Waals surface area contributed by atoms with Crippen LogP contribution in [0.25, 0.3) is 0 Å². The Balaban J connectivity index is 1.91. The third-order valence-corrected chi connectivity index (χ3v) is 5.69.